The molecule has 0 aliphatic carbocycles. The van der Waals surface area contributed by atoms with Gasteiger partial charge < -0.3 is 5.32 Å². The highest BCUT2D eigenvalue weighted by Crippen LogP contribution is 2.27. The molecule has 1 amide bonds. The Morgan fingerprint density at radius 1 is 1.60 bits per heavy atom. The Hall–Kier alpha value is -1.62. The molecule has 5 nitrogen and oxygen atoms in total. The van der Waals surface area contributed by atoms with Crippen molar-refractivity contribution in [2.24, 2.45) is 0 Å². The molecule has 0 saturated carbocycles. The molecule has 0 heterocycles. The number of carbonyl (C=O) groups is 1. The first kappa shape index (κ1) is 11.5. The zero-order valence-electron chi connectivity index (χ0n) is 7.99. The van der Waals surface area contributed by atoms with Crippen LogP contribution in [0.15, 0.2) is 18.2 Å². The molecule has 0 aliphatic heterocycles. The minimum absolute atomic E-state index is 0.0505. The number of carbonyl (C=O) groups excluding carboxylic acids is 1. The van der Waals surface area contributed by atoms with E-state index in [0.717, 1.165) is 0 Å². The molecule has 80 valence electrons. The first-order valence-electron chi connectivity index (χ1n) is 4.28. The number of amides is 1. The second-order valence-corrected chi connectivity index (χ2v) is 3.23. The van der Waals surface area contributed by atoms with Gasteiger partial charge in [-0.1, -0.05) is 18.5 Å². The number of nitrogens with zero attached hydrogens (tertiary/aromatic N) is 1. The van der Waals surface area contributed by atoms with E-state index < -0.39 is 4.92 Å². The number of nitrogens with one attached hydrogen (secondary N) is 1. The van der Waals surface area contributed by atoms with E-state index in [-0.39, 0.29) is 16.6 Å². The minimum Gasteiger partial charge on any atom is -0.326 e. The Kier molecular flexibility index (Phi) is 3.62. The average Bonchev–Trinajstić information content (AvgIpc) is 2.20. The maximum Gasteiger partial charge on any atom is 0.289 e. The maximum absolute atomic E-state index is 11.0. The second kappa shape index (κ2) is 4.75. The van der Waals surface area contributed by atoms with Crippen molar-refractivity contribution in [1.29, 1.82) is 0 Å². The average molecular weight is 229 g/mol. The fourth-order valence-electron chi connectivity index (χ4n) is 0.980. The van der Waals surface area contributed by atoms with E-state index in [1.165, 1.54) is 18.2 Å². The summed E-state index contributed by atoms with van der Waals surface area (Å²) in [5.41, 5.74) is 0.156. The highest BCUT2D eigenvalue weighted by atomic mass is 35.5. The molecule has 0 atom stereocenters. The van der Waals surface area contributed by atoms with Crippen LogP contribution in [0.3, 0.4) is 0 Å². The van der Waals surface area contributed by atoms with Crippen LogP contribution in [-0.4, -0.2) is 10.8 Å². The number of hydrogen-bond donors (Lipinski definition) is 1. The van der Waals surface area contributed by atoms with Crippen LogP contribution in [0.4, 0.5) is 11.4 Å². The van der Waals surface area contributed by atoms with Gasteiger partial charge in [0.25, 0.3) is 5.69 Å². The SMILES string of the molecule is CCC(=O)Nc1ccc(Cl)c([N+](=O)[O-])c1. The van der Waals surface area contributed by atoms with E-state index in [1.54, 1.807) is 6.92 Å². The summed E-state index contributed by atoms with van der Waals surface area (Å²) < 4.78 is 0. The van der Waals surface area contributed by atoms with Crippen molar-refractivity contribution in [2.75, 3.05) is 5.32 Å². The van der Waals surface area contributed by atoms with Gasteiger partial charge in [-0.3, -0.25) is 14.9 Å². The molecule has 0 aliphatic rings. The van der Waals surface area contributed by atoms with Crippen LogP contribution >= 0.6 is 11.6 Å². The lowest BCUT2D eigenvalue weighted by atomic mass is 10.2. The van der Waals surface area contributed by atoms with E-state index in [0.29, 0.717) is 12.1 Å². The second-order valence-electron chi connectivity index (χ2n) is 2.83. The quantitative estimate of drug-likeness (QED) is 0.638. The van der Waals surface area contributed by atoms with Gasteiger partial charge in [0, 0.05) is 18.2 Å². The van der Waals surface area contributed by atoms with Gasteiger partial charge in [0.15, 0.2) is 0 Å². The smallest absolute Gasteiger partial charge is 0.289 e. The van der Waals surface area contributed by atoms with Crippen molar-refractivity contribution < 1.29 is 9.72 Å². The monoisotopic (exact) mass is 228 g/mol. The predicted molar refractivity (Wildman–Crippen MR) is 57.0 cm³/mol. The molecule has 1 aromatic carbocycles. The zero-order chi connectivity index (χ0) is 11.4. The normalized spacial score (nSPS) is 9.73. The molecule has 15 heavy (non-hydrogen) atoms. The third-order valence-corrected chi connectivity index (χ3v) is 2.07. The van der Waals surface area contributed by atoms with E-state index in [4.69, 9.17) is 11.6 Å². The summed E-state index contributed by atoms with van der Waals surface area (Å²) in [6.07, 6.45) is 0.316. The molecule has 0 bridgehead atoms. The fraction of sp³-hybridized carbons (Fsp3) is 0.222. The summed E-state index contributed by atoms with van der Waals surface area (Å²) in [6.45, 7) is 1.69. The Morgan fingerprint density at radius 2 is 2.27 bits per heavy atom. The number of nitro groups is 1. The number of hydrogen-bond acceptors (Lipinski definition) is 3. The third-order valence-electron chi connectivity index (χ3n) is 1.75. The van der Waals surface area contributed by atoms with Crippen molar-refractivity contribution in [3.63, 3.8) is 0 Å². The van der Waals surface area contributed by atoms with E-state index in [2.05, 4.69) is 5.32 Å². The van der Waals surface area contributed by atoms with Crippen molar-refractivity contribution >= 4 is 28.9 Å². The number of anilines is 1. The summed E-state index contributed by atoms with van der Waals surface area (Å²) in [5, 5.41) is 13.1. The topological polar surface area (TPSA) is 72.2 Å². The van der Waals surface area contributed by atoms with E-state index >= 15 is 0 Å². The lowest BCUT2D eigenvalue weighted by Gasteiger charge is -2.03. The standard InChI is InChI=1S/C9H9ClN2O3/c1-2-9(13)11-6-3-4-7(10)8(5-6)12(14)15/h3-5H,2H2,1H3,(H,11,13). The van der Waals surface area contributed by atoms with Gasteiger partial charge in [0.2, 0.25) is 5.91 Å². The van der Waals surface area contributed by atoms with Gasteiger partial charge in [-0.15, -0.1) is 0 Å². The summed E-state index contributed by atoms with van der Waals surface area (Å²) >= 11 is 5.61. The lowest BCUT2D eigenvalue weighted by Crippen LogP contribution is -2.09. The number of nitro benzene ring substituents is 1. The fourth-order valence-corrected chi connectivity index (χ4v) is 1.17. The Balaban J connectivity index is 2.97. The van der Waals surface area contributed by atoms with Gasteiger partial charge in [0.05, 0.1) is 4.92 Å². The van der Waals surface area contributed by atoms with Gasteiger partial charge in [-0.2, -0.15) is 0 Å². The van der Waals surface area contributed by atoms with Crippen LogP contribution < -0.4 is 5.32 Å². The van der Waals surface area contributed by atoms with Crippen LogP contribution in [0.2, 0.25) is 5.02 Å². The molecular formula is C9H9ClN2O3. The van der Waals surface area contributed by atoms with Crippen LogP contribution in [0.1, 0.15) is 13.3 Å². The number of rotatable bonds is 3. The first-order valence-corrected chi connectivity index (χ1v) is 4.66. The van der Waals surface area contributed by atoms with Crippen molar-refractivity contribution in [1.82, 2.24) is 0 Å². The lowest BCUT2D eigenvalue weighted by molar-refractivity contribution is -0.384. The predicted octanol–water partition coefficient (Wildman–Crippen LogP) is 2.60. The van der Waals surface area contributed by atoms with Crippen molar-refractivity contribution in [3.8, 4) is 0 Å². The summed E-state index contributed by atoms with van der Waals surface area (Å²) in [5.74, 6) is -0.202. The molecular weight excluding hydrogens is 220 g/mol. The van der Waals surface area contributed by atoms with Gasteiger partial charge >= 0.3 is 0 Å². The van der Waals surface area contributed by atoms with Crippen LogP contribution in [0, 0.1) is 10.1 Å². The van der Waals surface area contributed by atoms with E-state index in [9.17, 15) is 14.9 Å². The molecule has 0 aromatic heterocycles. The molecule has 0 unspecified atom stereocenters. The summed E-state index contributed by atoms with van der Waals surface area (Å²) in [6, 6.07) is 4.13. The van der Waals surface area contributed by atoms with Gasteiger partial charge in [-0.05, 0) is 12.1 Å². The summed E-state index contributed by atoms with van der Waals surface area (Å²) in [4.78, 5) is 21.0. The Labute approximate surface area is 91.2 Å². The molecule has 0 fully saturated rings. The van der Waals surface area contributed by atoms with Crippen molar-refractivity contribution in [3.05, 3.63) is 33.3 Å². The van der Waals surface area contributed by atoms with Crippen LogP contribution in [0.5, 0.6) is 0 Å². The number of benzene rings is 1. The van der Waals surface area contributed by atoms with Crippen LogP contribution in [0.25, 0.3) is 0 Å². The van der Waals surface area contributed by atoms with Crippen LogP contribution in [-0.2, 0) is 4.79 Å². The third kappa shape index (κ3) is 2.92. The molecule has 0 spiro atoms. The van der Waals surface area contributed by atoms with Gasteiger partial charge in [0.1, 0.15) is 5.02 Å². The molecule has 1 rings (SSSR count). The largest absolute Gasteiger partial charge is 0.326 e. The Morgan fingerprint density at radius 3 is 2.80 bits per heavy atom. The molecule has 6 heteroatoms. The van der Waals surface area contributed by atoms with Crippen molar-refractivity contribution in [2.45, 2.75) is 13.3 Å². The maximum atomic E-state index is 11.0. The van der Waals surface area contributed by atoms with Gasteiger partial charge in [-0.25, -0.2) is 0 Å². The minimum atomic E-state index is -0.593. The molecule has 0 saturated heterocycles. The highest BCUT2D eigenvalue weighted by molar-refractivity contribution is 6.32. The molecule has 1 N–H and O–H groups in total. The molecule has 1 aromatic rings. The first-order chi connectivity index (χ1) is 7.04. The number of halogens is 1. The Bertz CT molecular complexity index is 406. The zero-order valence-corrected chi connectivity index (χ0v) is 8.75. The molecule has 0 radical (unpaired) electrons. The highest BCUT2D eigenvalue weighted by Gasteiger charge is 2.13. The van der Waals surface area contributed by atoms with E-state index in [1.807, 2.05) is 0 Å². The summed E-state index contributed by atoms with van der Waals surface area (Å²) in [7, 11) is 0.